The van der Waals surface area contributed by atoms with E-state index in [9.17, 15) is 18.0 Å². The highest BCUT2D eigenvalue weighted by Gasteiger charge is 2.30. The number of hydrogen-bond donors (Lipinski definition) is 1. The Morgan fingerprint density at radius 3 is 2.24 bits per heavy atom. The van der Waals surface area contributed by atoms with Gasteiger partial charge in [0.15, 0.2) is 0 Å². The molecular weight excluding hydrogens is 344 g/mol. The van der Waals surface area contributed by atoms with Gasteiger partial charge in [0.2, 0.25) is 15.9 Å². The molecule has 0 aliphatic carbocycles. The van der Waals surface area contributed by atoms with Crippen LogP contribution in [0.1, 0.15) is 35.7 Å². The van der Waals surface area contributed by atoms with Crippen molar-refractivity contribution < 1.29 is 23.1 Å². The smallest absolute Gasteiger partial charge is 0.335 e. The zero-order valence-electron chi connectivity index (χ0n) is 14.5. The molecule has 1 aromatic rings. The Balaban J connectivity index is 1.90. The molecule has 8 heteroatoms. The first-order valence-corrected chi connectivity index (χ1v) is 9.91. The average Bonchev–Trinajstić information content (AvgIpc) is 2.61. The maximum absolute atomic E-state index is 12.4. The number of piperidine rings is 1. The van der Waals surface area contributed by atoms with Gasteiger partial charge in [0.05, 0.1) is 17.7 Å². The number of benzene rings is 1. The second-order valence-corrected chi connectivity index (χ2v) is 8.52. The Kier molecular flexibility index (Phi) is 6.18. The van der Waals surface area contributed by atoms with E-state index in [0.29, 0.717) is 25.9 Å². The van der Waals surface area contributed by atoms with Crippen molar-refractivity contribution in [3.05, 3.63) is 35.4 Å². The van der Waals surface area contributed by atoms with Gasteiger partial charge < -0.3 is 10.0 Å². The summed E-state index contributed by atoms with van der Waals surface area (Å²) in [7, 11) is -1.61. The molecule has 7 nitrogen and oxygen atoms in total. The number of amides is 1. The van der Waals surface area contributed by atoms with Gasteiger partial charge in [0, 0.05) is 26.2 Å². The molecule has 0 bridgehead atoms. The molecule has 138 valence electrons. The molecule has 25 heavy (non-hydrogen) atoms. The number of sulfonamides is 1. The van der Waals surface area contributed by atoms with Gasteiger partial charge >= 0.3 is 5.97 Å². The summed E-state index contributed by atoms with van der Waals surface area (Å²) >= 11 is 0. The first kappa shape index (κ1) is 19.4. The van der Waals surface area contributed by atoms with Crippen LogP contribution in [0.2, 0.25) is 0 Å². The van der Waals surface area contributed by atoms with Crippen LogP contribution in [0.15, 0.2) is 24.3 Å². The molecule has 1 fully saturated rings. The summed E-state index contributed by atoms with van der Waals surface area (Å²) in [5.74, 6) is -0.941. The van der Waals surface area contributed by atoms with Crippen LogP contribution in [0.5, 0.6) is 0 Å². The van der Waals surface area contributed by atoms with Crippen molar-refractivity contribution in [2.24, 2.45) is 0 Å². The average molecular weight is 368 g/mol. The van der Waals surface area contributed by atoms with E-state index in [1.807, 2.05) is 0 Å². The lowest BCUT2D eigenvalue weighted by Crippen LogP contribution is -2.47. The van der Waals surface area contributed by atoms with Crippen LogP contribution >= 0.6 is 0 Å². The normalized spacial score (nSPS) is 16.2. The SMILES string of the molecule is CCS(=O)(=O)N(C)C1CCN(C(=O)Cc2ccc(C(=O)O)cc2)CC1. The standard InChI is InChI=1S/C17H24N2O5S/c1-3-25(23,24)18(2)15-8-10-19(11-9-15)16(20)12-13-4-6-14(7-5-13)17(21)22/h4-7,15H,3,8-12H2,1-2H3,(H,21,22). The second-order valence-electron chi connectivity index (χ2n) is 6.21. The number of carbonyl (C=O) groups excluding carboxylic acids is 1. The van der Waals surface area contributed by atoms with Gasteiger partial charge in [-0.15, -0.1) is 0 Å². The molecule has 0 atom stereocenters. The molecule has 1 amide bonds. The predicted molar refractivity (Wildman–Crippen MR) is 93.9 cm³/mol. The third kappa shape index (κ3) is 4.79. The molecule has 1 N–H and O–H groups in total. The van der Waals surface area contributed by atoms with E-state index < -0.39 is 16.0 Å². The fraction of sp³-hybridized carbons (Fsp3) is 0.529. The number of carbonyl (C=O) groups is 2. The monoisotopic (exact) mass is 368 g/mol. The predicted octanol–water partition coefficient (Wildman–Crippen LogP) is 1.20. The van der Waals surface area contributed by atoms with Crippen molar-refractivity contribution in [3.63, 3.8) is 0 Å². The van der Waals surface area contributed by atoms with Gasteiger partial charge in [-0.05, 0) is 37.5 Å². The summed E-state index contributed by atoms with van der Waals surface area (Å²) in [6.45, 7) is 2.68. The summed E-state index contributed by atoms with van der Waals surface area (Å²) in [6, 6.07) is 6.21. The van der Waals surface area contributed by atoms with E-state index in [1.165, 1.54) is 16.4 Å². The van der Waals surface area contributed by atoms with E-state index >= 15 is 0 Å². The van der Waals surface area contributed by atoms with Crippen LogP contribution in [0.4, 0.5) is 0 Å². The Morgan fingerprint density at radius 2 is 1.76 bits per heavy atom. The van der Waals surface area contributed by atoms with Crippen molar-refractivity contribution in [3.8, 4) is 0 Å². The van der Waals surface area contributed by atoms with Crippen molar-refractivity contribution >= 4 is 21.9 Å². The molecule has 0 saturated carbocycles. The highest BCUT2D eigenvalue weighted by molar-refractivity contribution is 7.89. The molecule has 0 spiro atoms. The van der Waals surface area contributed by atoms with Gasteiger partial charge in [-0.25, -0.2) is 17.5 Å². The minimum atomic E-state index is -3.21. The fourth-order valence-electron chi connectivity index (χ4n) is 2.96. The number of carboxylic acids is 1. The molecular formula is C17H24N2O5S. The van der Waals surface area contributed by atoms with Crippen LogP contribution < -0.4 is 0 Å². The number of nitrogens with zero attached hydrogens (tertiary/aromatic N) is 2. The van der Waals surface area contributed by atoms with Crippen molar-refractivity contribution in [1.29, 1.82) is 0 Å². The van der Waals surface area contributed by atoms with Gasteiger partial charge in [-0.3, -0.25) is 4.79 Å². The van der Waals surface area contributed by atoms with Crippen LogP contribution in [0.25, 0.3) is 0 Å². The van der Waals surface area contributed by atoms with Crippen molar-refractivity contribution in [2.75, 3.05) is 25.9 Å². The Hall–Kier alpha value is -1.93. The minimum Gasteiger partial charge on any atom is -0.478 e. The number of hydrogen-bond acceptors (Lipinski definition) is 4. The second kappa shape index (κ2) is 7.97. The molecule has 0 radical (unpaired) electrons. The molecule has 1 aliphatic rings. The molecule has 2 rings (SSSR count). The van der Waals surface area contributed by atoms with Crippen LogP contribution in [-0.2, 0) is 21.2 Å². The van der Waals surface area contributed by atoms with E-state index in [4.69, 9.17) is 5.11 Å². The molecule has 1 aromatic carbocycles. The number of rotatable bonds is 6. The lowest BCUT2D eigenvalue weighted by atomic mass is 10.0. The van der Waals surface area contributed by atoms with E-state index in [-0.39, 0.29) is 29.7 Å². The summed E-state index contributed by atoms with van der Waals surface area (Å²) in [4.78, 5) is 25.0. The van der Waals surface area contributed by atoms with E-state index in [2.05, 4.69) is 0 Å². The van der Waals surface area contributed by atoms with Crippen molar-refractivity contribution in [2.45, 2.75) is 32.2 Å². The number of aromatic carboxylic acids is 1. The van der Waals surface area contributed by atoms with Crippen molar-refractivity contribution in [1.82, 2.24) is 9.21 Å². The maximum Gasteiger partial charge on any atom is 0.335 e. The quantitative estimate of drug-likeness (QED) is 0.814. The van der Waals surface area contributed by atoms with Gasteiger partial charge in [0.1, 0.15) is 0 Å². The summed E-state index contributed by atoms with van der Waals surface area (Å²) in [6.07, 6.45) is 1.46. The maximum atomic E-state index is 12.4. The first-order valence-electron chi connectivity index (χ1n) is 8.30. The number of likely N-dealkylation sites (tertiary alicyclic amines) is 1. The molecule has 0 aromatic heterocycles. The fourth-order valence-corrected chi connectivity index (χ4v) is 4.03. The number of carboxylic acid groups (broad SMARTS) is 1. The highest BCUT2D eigenvalue weighted by atomic mass is 32.2. The van der Waals surface area contributed by atoms with Crippen LogP contribution in [-0.4, -0.2) is 66.5 Å². The molecule has 1 saturated heterocycles. The summed E-state index contributed by atoms with van der Waals surface area (Å²) in [5.41, 5.74) is 0.958. The van der Waals surface area contributed by atoms with Crippen LogP contribution in [0, 0.1) is 0 Å². The van der Waals surface area contributed by atoms with Gasteiger partial charge in [0.25, 0.3) is 0 Å². The molecule has 1 heterocycles. The minimum absolute atomic E-state index is 0.0254. The molecule has 0 unspecified atom stereocenters. The molecule has 1 aliphatic heterocycles. The Morgan fingerprint density at radius 1 is 1.20 bits per heavy atom. The van der Waals surface area contributed by atoms with Crippen LogP contribution in [0.3, 0.4) is 0 Å². The highest BCUT2D eigenvalue weighted by Crippen LogP contribution is 2.19. The third-order valence-electron chi connectivity index (χ3n) is 4.69. The third-order valence-corrected chi connectivity index (χ3v) is 6.60. The van der Waals surface area contributed by atoms with E-state index in [1.54, 1.807) is 31.0 Å². The Labute approximate surface area is 148 Å². The Bertz CT molecular complexity index is 722. The zero-order valence-corrected chi connectivity index (χ0v) is 15.3. The first-order chi connectivity index (χ1) is 11.7. The largest absolute Gasteiger partial charge is 0.478 e. The van der Waals surface area contributed by atoms with Gasteiger partial charge in [-0.2, -0.15) is 0 Å². The van der Waals surface area contributed by atoms with E-state index in [0.717, 1.165) is 5.56 Å². The topological polar surface area (TPSA) is 95.0 Å². The lowest BCUT2D eigenvalue weighted by Gasteiger charge is -2.36. The zero-order chi connectivity index (χ0) is 18.6. The summed E-state index contributed by atoms with van der Waals surface area (Å²) in [5, 5.41) is 8.88. The van der Waals surface area contributed by atoms with Gasteiger partial charge in [-0.1, -0.05) is 12.1 Å². The lowest BCUT2D eigenvalue weighted by molar-refractivity contribution is -0.131. The summed E-state index contributed by atoms with van der Waals surface area (Å²) < 4.78 is 25.3.